The first-order chi connectivity index (χ1) is 9.05. The number of likely N-dealkylation sites (N-methyl/N-ethyl adjacent to an activating group) is 1. The summed E-state index contributed by atoms with van der Waals surface area (Å²) in [7, 11) is -1.82. The molecular weight excluding hydrogens is 264 g/mol. The average molecular weight is 284 g/mol. The van der Waals surface area contributed by atoms with Gasteiger partial charge in [-0.1, -0.05) is 12.1 Å². The van der Waals surface area contributed by atoms with Crippen LogP contribution in [0.2, 0.25) is 0 Å². The highest BCUT2D eigenvalue weighted by atomic mass is 32.2. The maximum absolute atomic E-state index is 12.4. The van der Waals surface area contributed by atoms with Crippen molar-refractivity contribution in [2.24, 2.45) is 5.73 Å². The Kier molecular flexibility index (Phi) is 4.57. The Hall–Kier alpha value is -0.950. The molecule has 1 aliphatic heterocycles. The Labute approximate surface area is 114 Å². The van der Waals surface area contributed by atoms with Crippen LogP contribution in [0.4, 0.5) is 0 Å². The van der Waals surface area contributed by atoms with Crippen LogP contribution in [-0.2, 0) is 21.2 Å². The summed E-state index contributed by atoms with van der Waals surface area (Å²) in [6.07, 6.45) is 1.51. The summed E-state index contributed by atoms with van der Waals surface area (Å²) in [4.78, 5) is 0.322. The van der Waals surface area contributed by atoms with Crippen LogP contribution >= 0.6 is 0 Å². The van der Waals surface area contributed by atoms with Crippen LogP contribution in [0.5, 0.6) is 0 Å². The molecule has 1 heterocycles. The molecule has 0 radical (unpaired) electrons. The Morgan fingerprint density at radius 1 is 1.37 bits per heavy atom. The van der Waals surface area contributed by atoms with Crippen molar-refractivity contribution in [3.05, 3.63) is 29.8 Å². The molecule has 1 aromatic rings. The Morgan fingerprint density at radius 2 is 2.05 bits per heavy atom. The summed E-state index contributed by atoms with van der Waals surface area (Å²) in [5.74, 6) is 0. The fourth-order valence-corrected chi connectivity index (χ4v) is 3.54. The van der Waals surface area contributed by atoms with E-state index in [-0.39, 0.29) is 6.04 Å². The standard InChI is InChI=1S/C13H20N2O3S/c1-15(12-7-9-18-10-12)19(16,17)13-4-2-11(3-5-13)6-8-14/h2-5,12H,6-10,14H2,1H3. The minimum atomic E-state index is -3.43. The predicted octanol–water partition coefficient (Wildman–Crippen LogP) is 0.597. The van der Waals surface area contributed by atoms with E-state index in [0.29, 0.717) is 24.7 Å². The third-order valence-electron chi connectivity index (χ3n) is 3.45. The normalized spacial score (nSPS) is 20.1. The molecule has 5 nitrogen and oxygen atoms in total. The summed E-state index contributed by atoms with van der Waals surface area (Å²) < 4.78 is 31.5. The van der Waals surface area contributed by atoms with E-state index in [2.05, 4.69) is 0 Å². The summed E-state index contributed by atoms with van der Waals surface area (Å²) in [5.41, 5.74) is 6.52. The van der Waals surface area contributed by atoms with Gasteiger partial charge in [-0.2, -0.15) is 4.31 Å². The van der Waals surface area contributed by atoms with Crippen molar-refractivity contribution >= 4 is 10.0 Å². The van der Waals surface area contributed by atoms with E-state index >= 15 is 0 Å². The predicted molar refractivity (Wildman–Crippen MR) is 73.4 cm³/mol. The molecule has 1 aromatic carbocycles. The van der Waals surface area contributed by atoms with Crippen molar-refractivity contribution in [2.75, 3.05) is 26.8 Å². The van der Waals surface area contributed by atoms with Crippen molar-refractivity contribution in [3.8, 4) is 0 Å². The second kappa shape index (κ2) is 6.00. The number of hydrogen-bond donors (Lipinski definition) is 1. The first-order valence-corrected chi connectivity index (χ1v) is 7.84. The third kappa shape index (κ3) is 3.14. The quantitative estimate of drug-likeness (QED) is 0.859. The van der Waals surface area contributed by atoms with Crippen LogP contribution < -0.4 is 5.73 Å². The van der Waals surface area contributed by atoms with Crippen LogP contribution in [0.15, 0.2) is 29.2 Å². The molecule has 0 aromatic heterocycles. The fourth-order valence-electron chi connectivity index (χ4n) is 2.17. The zero-order valence-electron chi connectivity index (χ0n) is 11.1. The molecule has 1 unspecified atom stereocenters. The van der Waals surface area contributed by atoms with Gasteiger partial charge in [0.15, 0.2) is 0 Å². The number of benzene rings is 1. The van der Waals surface area contributed by atoms with Gasteiger partial charge in [-0.25, -0.2) is 8.42 Å². The Balaban J connectivity index is 2.18. The summed E-state index contributed by atoms with van der Waals surface area (Å²) >= 11 is 0. The molecule has 6 heteroatoms. The molecule has 0 saturated carbocycles. The molecule has 19 heavy (non-hydrogen) atoms. The molecule has 2 rings (SSSR count). The zero-order valence-corrected chi connectivity index (χ0v) is 11.9. The van der Waals surface area contributed by atoms with Crippen LogP contribution in [0.3, 0.4) is 0 Å². The highest BCUT2D eigenvalue weighted by Gasteiger charge is 2.30. The second-order valence-corrected chi connectivity index (χ2v) is 6.72. The topological polar surface area (TPSA) is 72.6 Å². The molecule has 1 saturated heterocycles. The molecule has 1 fully saturated rings. The summed E-state index contributed by atoms with van der Waals surface area (Å²) in [6, 6.07) is 6.87. The number of rotatable bonds is 5. The number of nitrogens with two attached hydrogens (primary N) is 1. The molecule has 0 aliphatic carbocycles. The lowest BCUT2D eigenvalue weighted by atomic mass is 10.2. The first kappa shape index (κ1) is 14.5. The van der Waals surface area contributed by atoms with Gasteiger partial charge in [0.1, 0.15) is 0 Å². The van der Waals surface area contributed by atoms with Crippen LogP contribution in [0, 0.1) is 0 Å². The van der Waals surface area contributed by atoms with Gasteiger partial charge in [-0.05, 0) is 37.1 Å². The molecule has 1 atom stereocenters. The lowest BCUT2D eigenvalue weighted by Crippen LogP contribution is -2.37. The number of ether oxygens (including phenoxy) is 1. The van der Waals surface area contributed by atoms with Crippen molar-refractivity contribution in [1.29, 1.82) is 0 Å². The first-order valence-electron chi connectivity index (χ1n) is 6.40. The van der Waals surface area contributed by atoms with E-state index in [1.165, 1.54) is 4.31 Å². The smallest absolute Gasteiger partial charge is 0.243 e. The highest BCUT2D eigenvalue weighted by molar-refractivity contribution is 7.89. The minimum absolute atomic E-state index is 0.0614. The number of sulfonamides is 1. The van der Waals surface area contributed by atoms with Gasteiger partial charge >= 0.3 is 0 Å². The van der Waals surface area contributed by atoms with Gasteiger partial charge in [-0.15, -0.1) is 0 Å². The second-order valence-electron chi connectivity index (χ2n) is 4.72. The largest absolute Gasteiger partial charge is 0.380 e. The van der Waals surface area contributed by atoms with E-state index in [0.717, 1.165) is 18.4 Å². The lowest BCUT2D eigenvalue weighted by molar-refractivity contribution is 0.181. The van der Waals surface area contributed by atoms with Gasteiger partial charge in [0, 0.05) is 13.7 Å². The molecule has 0 bridgehead atoms. The maximum Gasteiger partial charge on any atom is 0.243 e. The molecule has 2 N–H and O–H groups in total. The lowest BCUT2D eigenvalue weighted by Gasteiger charge is -2.22. The van der Waals surface area contributed by atoms with Crippen molar-refractivity contribution < 1.29 is 13.2 Å². The van der Waals surface area contributed by atoms with E-state index in [4.69, 9.17) is 10.5 Å². The van der Waals surface area contributed by atoms with Crippen LogP contribution in [0.25, 0.3) is 0 Å². The van der Waals surface area contributed by atoms with Crippen LogP contribution in [-0.4, -0.2) is 45.6 Å². The summed E-state index contributed by atoms with van der Waals surface area (Å²) in [5, 5.41) is 0. The zero-order chi connectivity index (χ0) is 13.9. The fraction of sp³-hybridized carbons (Fsp3) is 0.538. The van der Waals surface area contributed by atoms with Gasteiger partial charge in [0.05, 0.1) is 17.5 Å². The number of nitrogens with zero attached hydrogens (tertiary/aromatic N) is 1. The Bertz CT molecular complexity index is 507. The van der Waals surface area contributed by atoms with Crippen LogP contribution in [0.1, 0.15) is 12.0 Å². The SMILES string of the molecule is CN(C1CCOC1)S(=O)(=O)c1ccc(CCN)cc1. The van der Waals surface area contributed by atoms with E-state index < -0.39 is 10.0 Å². The molecule has 1 aliphatic rings. The third-order valence-corrected chi connectivity index (χ3v) is 5.38. The monoisotopic (exact) mass is 284 g/mol. The molecule has 0 amide bonds. The Morgan fingerprint density at radius 3 is 2.58 bits per heavy atom. The van der Waals surface area contributed by atoms with E-state index in [1.54, 1.807) is 19.2 Å². The van der Waals surface area contributed by atoms with Gasteiger partial charge < -0.3 is 10.5 Å². The van der Waals surface area contributed by atoms with Crippen molar-refractivity contribution in [3.63, 3.8) is 0 Å². The minimum Gasteiger partial charge on any atom is -0.380 e. The average Bonchev–Trinajstić information content (AvgIpc) is 2.92. The number of hydrogen-bond acceptors (Lipinski definition) is 4. The van der Waals surface area contributed by atoms with Gasteiger partial charge in [0.25, 0.3) is 0 Å². The van der Waals surface area contributed by atoms with E-state index in [9.17, 15) is 8.42 Å². The van der Waals surface area contributed by atoms with Crippen molar-refractivity contribution in [2.45, 2.75) is 23.8 Å². The summed E-state index contributed by atoms with van der Waals surface area (Å²) in [6.45, 7) is 1.66. The maximum atomic E-state index is 12.4. The van der Waals surface area contributed by atoms with Gasteiger partial charge in [-0.3, -0.25) is 0 Å². The van der Waals surface area contributed by atoms with Gasteiger partial charge in [0.2, 0.25) is 10.0 Å². The molecule has 106 valence electrons. The van der Waals surface area contributed by atoms with E-state index in [1.807, 2.05) is 12.1 Å². The molecular formula is C13H20N2O3S. The highest BCUT2D eigenvalue weighted by Crippen LogP contribution is 2.21. The molecule has 0 spiro atoms. The van der Waals surface area contributed by atoms with Crippen molar-refractivity contribution in [1.82, 2.24) is 4.31 Å².